The molecule has 1 saturated heterocycles. The van der Waals surface area contributed by atoms with Gasteiger partial charge in [-0.1, -0.05) is 0 Å². The van der Waals surface area contributed by atoms with Crippen molar-refractivity contribution < 1.29 is 5.11 Å². The smallest absolute Gasteiger partial charge is 0.149 e. The Morgan fingerprint density at radius 3 is 2.20 bits per heavy atom. The Balaban J connectivity index is 2.08. The maximum absolute atomic E-state index is 8.33. The number of aliphatic hydroxyl groups is 1. The molecule has 1 rings (SSSR count). The third kappa shape index (κ3) is 0.578. The quantitative estimate of drug-likeness (QED) is 0.477. The largest absolute Gasteiger partial charge is 0.375 e. The van der Waals surface area contributed by atoms with Gasteiger partial charge in [0, 0.05) is 0 Å². The second kappa shape index (κ2) is 1.19. The molecule has 2 heteroatoms. The van der Waals surface area contributed by atoms with Gasteiger partial charge in [-0.25, -0.2) is 0 Å². The monoisotopic (exact) mass is 89.0 g/mol. The molecule has 1 radical (unpaired) electrons. The Labute approximate surface area is 35.4 Å². The number of thioether (sulfide) groups is 1. The first-order chi connectivity index (χ1) is 2.39. The topological polar surface area (TPSA) is 20.2 Å². The van der Waals surface area contributed by atoms with Crippen molar-refractivity contribution >= 4 is 11.8 Å². The fourth-order valence-electron chi connectivity index (χ4n) is 0.193. The molecule has 1 fully saturated rings. The van der Waals surface area contributed by atoms with E-state index in [2.05, 4.69) is 0 Å². The molecule has 1 aliphatic rings. The number of hydrogen-bond acceptors (Lipinski definition) is 2. The summed E-state index contributed by atoms with van der Waals surface area (Å²) < 4.78 is 0. The first-order valence-electron chi connectivity index (χ1n) is 1.57. The molecule has 0 unspecified atom stereocenters. The van der Waals surface area contributed by atoms with Gasteiger partial charge in [-0.05, 0) is 12.2 Å². The van der Waals surface area contributed by atoms with E-state index in [1.807, 2.05) is 0 Å². The van der Waals surface area contributed by atoms with E-state index in [9.17, 15) is 0 Å². The van der Waals surface area contributed by atoms with Gasteiger partial charge in [0.2, 0.25) is 0 Å². The standard InChI is InChI=1S/C3H5OS/c4-3-1-2-5-3/h4H,1-2H2. The zero-order valence-corrected chi connectivity index (χ0v) is 3.59. The Bertz CT molecular complexity index is 33.9. The molecule has 0 aromatic heterocycles. The minimum Gasteiger partial charge on any atom is -0.375 e. The van der Waals surface area contributed by atoms with E-state index in [0.717, 1.165) is 12.2 Å². The highest BCUT2D eigenvalue weighted by Gasteiger charge is 2.14. The summed E-state index contributed by atoms with van der Waals surface area (Å²) >= 11 is 1.53. The first-order valence-corrected chi connectivity index (χ1v) is 2.56. The first kappa shape index (κ1) is 3.50. The van der Waals surface area contributed by atoms with E-state index < -0.39 is 0 Å². The highest BCUT2D eigenvalue weighted by atomic mass is 32.2. The number of aliphatic hydroxyl groups excluding tert-OH is 1. The summed E-state index contributed by atoms with van der Waals surface area (Å²) in [5.74, 6) is 1.12. The molecule has 0 atom stereocenters. The van der Waals surface area contributed by atoms with Crippen molar-refractivity contribution in [3.8, 4) is 0 Å². The lowest BCUT2D eigenvalue weighted by atomic mass is 10.5. The zero-order chi connectivity index (χ0) is 3.70. The van der Waals surface area contributed by atoms with Crippen LogP contribution in [0, 0.1) is 5.44 Å². The summed E-state index contributed by atoms with van der Waals surface area (Å²) in [6.07, 6.45) is 0.921. The van der Waals surface area contributed by atoms with Crippen LogP contribution in [0.2, 0.25) is 0 Å². The molecule has 0 amide bonds. The number of rotatable bonds is 0. The molecule has 1 N–H and O–H groups in total. The number of hydrogen-bond donors (Lipinski definition) is 1. The molecular weight excluding hydrogens is 84.1 g/mol. The predicted molar refractivity (Wildman–Crippen MR) is 22.3 cm³/mol. The maximum Gasteiger partial charge on any atom is 0.149 e. The van der Waals surface area contributed by atoms with Crippen LogP contribution in [-0.2, 0) is 0 Å². The van der Waals surface area contributed by atoms with Gasteiger partial charge < -0.3 is 5.11 Å². The molecule has 0 saturated carbocycles. The van der Waals surface area contributed by atoms with Crippen molar-refractivity contribution in [3.63, 3.8) is 0 Å². The highest BCUT2D eigenvalue weighted by molar-refractivity contribution is 8.03. The highest BCUT2D eigenvalue weighted by Crippen LogP contribution is 2.31. The van der Waals surface area contributed by atoms with Gasteiger partial charge in [0.15, 0.2) is 0 Å². The fourth-order valence-corrected chi connectivity index (χ4v) is 0.580. The lowest BCUT2D eigenvalue weighted by Gasteiger charge is -2.15. The van der Waals surface area contributed by atoms with Crippen LogP contribution in [0.15, 0.2) is 0 Å². The van der Waals surface area contributed by atoms with Crippen molar-refractivity contribution in [2.45, 2.75) is 6.42 Å². The van der Waals surface area contributed by atoms with Crippen LogP contribution in [0.5, 0.6) is 0 Å². The van der Waals surface area contributed by atoms with Gasteiger partial charge in [0.05, 0.1) is 0 Å². The van der Waals surface area contributed by atoms with Crippen LogP contribution in [0.1, 0.15) is 6.42 Å². The lowest BCUT2D eigenvalue weighted by molar-refractivity contribution is 0.347. The van der Waals surface area contributed by atoms with Crippen molar-refractivity contribution in [3.05, 3.63) is 5.44 Å². The normalized spacial score (nSPS) is 25.8. The van der Waals surface area contributed by atoms with Crippen LogP contribution in [-0.4, -0.2) is 10.9 Å². The molecule has 0 aromatic rings. The third-order valence-electron chi connectivity index (χ3n) is 0.585. The van der Waals surface area contributed by atoms with Crippen molar-refractivity contribution in [1.29, 1.82) is 0 Å². The maximum atomic E-state index is 8.33. The average molecular weight is 89.1 g/mol. The van der Waals surface area contributed by atoms with Crippen LogP contribution in [0.4, 0.5) is 0 Å². The minimum atomic E-state index is 0.602. The SMILES string of the molecule is O[C]1CCS1. The Kier molecular flexibility index (Phi) is 0.830. The van der Waals surface area contributed by atoms with E-state index in [4.69, 9.17) is 5.11 Å². The summed E-state index contributed by atoms with van der Waals surface area (Å²) in [6.45, 7) is 0. The molecule has 0 spiro atoms. The van der Waals surface area contributed by atoms with Gasteiger partial charge in [-0.3, -0.25) is 0 Å². The van der Waals surface area contributed by atoms with Crippen molar-refractivity contribution in [2.24, 2.45) is 0 Å². The Hall–Kier alpha value is 0.310. The molecule has 0 aromatic carbocycles. The summed E-state index contributed by atoms with van der Waals surface area (Å²) in [4.78, 5) is 0. The third-order valence-corrected chi connectivity index (χ3v) is 1.53. The fraction of sp³-hybridized carbons (Fsp3) is 0.667. The predicted octanol–water partition coefficient (Wildman–Crippen LogP) is 0.985. The van der Waals surface area contributed by atoms with E-state index in [1.165, 1.54) is 11.8 Å². The molecule has 0 aliphatic carbocycles. The van der Waals surface area contributed by atoms with E-state index in [1.54, 1.807) is 0 Å². The zero-order valence-electron chi connectivity index (χ0n) is 2.77. The van der Waals surface area contributed by atoms with Crippen molar-refractivity contribution in [1.82, 2.24) is 0 Å². The second-order valence-electron chi connectivity index (χ2n) is 0.992. The minimum absolute atomic E-state index is 0.602. The molecular formula is C3H5OS. The van der Waals surface area contributed by atoms with Crippen LogP contribution < -0.4 is 0 Å². The van der Waals surface area contributed by atoms with E-state index in [0.29, 0.717) is 5.44 Å². The average Bonchev–Trinajstić information content (AvgIpc) is 1.30. The van der Waals surface area contributed by atoms with E-state index >= 15 is 0 Å². The molecule has 0 bridgehead atoms. The van der Waals surface area contributed by atoms with Crippen LogP contribution >= 0.6 is 11.8 Å². The Morgan fingerprint density at radius 2 is 2.20 bits per heavy atom. The lowest BCUT2D eigenvalue weighted by Crippen LogP contribution is -2.03. The van der Waals surface area contributed by atoms with Gasteiger partial charge in [0.25, 0.3) is 0 Å². The molecule has 29 valence electrons. The summed E-state index contributed by atoms with van der Waals surface area (Å²) in [5.41, 5.74) is 0.602. The summed E-state index contributed by atoms with van der Waals surface area (Å²) in [7, 11) is 0. The van der Waals surface area contributed by atoms with Gasteiger partial charge >= 0.3 is 0 Å². The second-order valence-corrected chi connectivity index (χ2v) is 2.16. The molecule has 1 aliphatic heterocycles. The van der Waals surface area contributed by atoms with Gasteiger partial charge in [0.1, 0.15) is 5.44 Å². The van der Waals surface area contributed by atoms with Gasteiger partial charge in [-0.15, -0.1) is 11.8 Å². The van der Waals surface area contributed by atoms with Crippen molar-refractivity contribution in [2.75, 3.05) is 5.75 Å². The van der Waals surface area contributed by atoms with Gasteiger partial charge in [-0.2, -0.15) is 0 Å². The summed E-state index contributed by atoms with van der Waals surface area (Å²) in [6, 6.07) is 0. The van der Waals surface area contributed by atoms with Crippen LogP contribution in [0.3, 0.4) is 0 Å². The molecule has 5 heavy (non-hydrogen) atoms. The summed E-state index contributed by atoms with van der Waals surface area (Å²) in [5, 5.41) is 8.33. The Morgan fingerprint density at radius 1 is 1.80 bits per heavy atom. The molecule has 1 heterocycles. The van der Waals surface area contributed by atoms with Crippen LogP contribution in [0.25, 0.3) is 0 Å². The molecule has 1 nitrogen and oxygen atoms in total. The van der Waals surface area contributed by atoms with E-state index in [-0.39, 0.29) is 0 Å².